The number of hydrogen-bond donors (Lipinski definition) is 1. The molecule has 0 aromatic carbocycles. The van der Waals surface area contributed by atoms with Crippen molar-refractivity contribution in [3.63, 3.8) is 0 Å². The summed E-state index contributed by atoms with van der Waals surface area (Å²) in [5.74, 6) is -0.361. The molecule has 66 valence electrons. The van der Waals surface area contributed by atoms with Gasteiger partial charge in [-0.3, -0.25) is 0 Å². The summed E-state index contributed by atoms with van der Waals surface area (Å²) in [4.78, 5) is 10.3. The molecule has 0 aromatic rings. The first kappa shape index (κ1) is 12.8. The van der Waals surface area contributed by atoms with Crippen LogP contribution in [0, 0.1) is 0 Å². The van der Waals surface area contributed by atoms with E-state index in [9.17, 15) is 4.79 Å². The fourth-order valence-corrected chi connectivity index (χ4v) is 0.280. The third-order valence-electron chi connectivity index (χ3n) is 0.519. The third kappa shape index (κ3) is 17.6. The minimum Gasteiger partial charge on any atom is -0.460 e. The monoisotopic (exact) mass is 159 g/mol. The van der Waals surface area contributed by atoms with Crippen molar-refractivity contribution in [3.05, 3.63) is 12.7 Å². The summed E-state index contributed by atoms with van der Waals surface area (Å²) in [7, 11) is 0. The highest BCUT2D eigenvalue weighted by atomic mass is 16.5. The van der Waals surface area contributed by atoms with Gasteiger partial charge in [-0.15, -0.1) is 0 Å². The van der Waals surface area contributed by atoms with Crippen LogP contribution in [0.5, 0.6) is 0 Å². The molecule has 0 unspecified atom stereocenters. The van der Waals surface area contributed by atoms with Crippen molar-refractivity contribution < 1.29 is 9.53 Å². The van der Waals surface area contributed by atoms with Crippen LogP contribution < -0.4 is 5.73 Å². The predicted molar refractivity (Wildman–Crippen MR) is 46.2 cm³/mol. The minimum atomic E-state index is -0.361. The van der Waals surface area contributed by atoms with Crippen LogP contribution in [0.15, 0.2) is 12.7 Å². The molecule has 0 fully saturated rings. The third-order valence-corrected chi connectivity index (χ3v) is 0.519. The maximum absolute atomic E-state index is 10.3. The Morgan fingerprint density at radius 1 is 1.73 bits per heavy atom. The predicted octanol–water partition coefficient (Wildman–Crippen LogP) is 1.09. The first-order valence-corrected chi connectivity index (χ1v) is 3.61. The first-order valence-electron chi connectivity index (χ1n) is 3.61. The van der Waals surface area contributed by atoms with E-state index in [0.717, 1.165) is 12.6 Å². The standard InChI is InChI=1S/C6H10O2.C2H7N/c1-4-6(7)8-5(2)3;1-2-3/h4-5H,1H2,2-3H3;2-3H2,1H3. The number of hydrogen-bond acceptors (Lipinski definition) is 3. The van der Waals surface area contributed by atoms with E-state index >= 15 is 0 Å². The molecule has 0 bridgehead atoms. The average Bonchev–Trinajstić information content (AvgIpc) is 1.88. The number of esters is 1. The smallest absolute Gasteiger partial charge is 0.330 e. The molecule has 11 heavy (non-hydrogen) atoms. The number of ether oxygens (including phenoxy) is 1. The van der Waals surface area contributed by atoms with Crippen LogP contribution in [0.4, 0.5) is 0 Å². The number of carbonyl (C=O) groups is 1. The summed E-state index contributed by atoms with van der Waals surface area (Å²) >= 11 is 0. The van der Waals surface area contributed by atoms with Gasteiger partial charge in [-0.05, 0) is 20.4 Å². The lowest BCUT2D eigenvalue weighted by atomic mass is 10.5. The molecule has 2 N–H and O–H groups in total. The lowest BCUT2D eigenvalue weighted by Crippen LogP contribution is -2.07. The van der Waals surface area contributed by atoms with Gasteiger partial charge in [-0.25, -0.2) is 4.79 Å². The Hall–Kier alpha value is -0.830. The second-order valence-electron chi connectivity index (χ2n) is 2.10. The lowest BCUT2D eigenvalue weighted by Gasteiger charge is -2.02. The van der Waals surface area contributed by atoms with E-state index in [4.69, 9.17) is 5.73 Å². The van der Waals surface area contributed by atoms with Gasteiger partial charge in [0.2, 0.25) is 0 Å². The molecule has 0 heterocycles. The summed E-state index contributed by atoms with van der Waals surface area (Å²) in [5.41, 5.74) is 4.85. The number of rotatable bonds is 2. The van der Waals surface area contributed by atoms with Crippen molar-refractivity contribution in [1.82, 2.24) is 0 Å². The lowest BCUT2D eigenvalue weighted by molar-refractivity contribution is -0.141. The minimum absolute atomic E-state index is 0.0412. The largest absolute Gasteiger partial charge is 0.460 e. The van der Waals surface area contributed by atoms with Crippen LogP contribution in [0.25, 0.3) is 0 Å². The van der Waals surface area contributed by atoms with Gasteiger partial charge >= 0.3 is 5.97 Å². The molecule has 0 amide bonds. The van der Waals surface area contributed by atoms with Crippen molar-refractivity contribution >= 4 is 5.97 Å². The maximum atomic E-state index is 10.3. The van der Waals surface area contributed by atoms with Crippen LogP contribution in [0.2, 0.25) is 0 Å². The van der Waals surface area contributed by atoms with Crippen LogP contribution >= 0.6 is 0 Å². The maximum Gasteiger partial charge on any atom is 0.330 e. The molecule has 3 nitrogen and oxygen atoms in total. The van der Waals surface area contributed by atoms with Crippen molar-refractivity contribution in [1.29, 1.82) is 0 Å². The summed E-state index contributed by atoms with van der Waals surface area (Å²) in [5, 5.41) is 0. The zero-order chi connectivity index (χ0) is 9.28. The Kier molecular flexibility index (Phi) is 10.7. The fourth-order valence-electron chi connectivity index (χ4n) is 0.280. The zero-order valence-corrected chi connectivity index (χ0v) is 7.46. The van der Waals surface area contributed by atoms with E-state index in [1.165, 1.54) is 0 Å². The van der Waals surface area contributed by atoms with E-state index in [2.05, 4.69) is 11.3 Å². The zero-order valence-electron chi connectivity index (χ0n) is 7.46. The second-order valence-corrected chi connectivity index (χ2v) is 2.10. The van der Waals surface area contributed by atoms with Gasteiger partial charge in [0.25, 0.3) is 0 Å². The molecular formula is C8H17NO2. The fraction of sp³-hybridized carbons (Fsp3) is 0.625. The highest BCUT2D eigenvalue weighted by molar-refractivity contribution is 5.81. The van der Waals surface area contributed by atoms with Gasteiger partial charge in [0, 0.05) is 6.08 Å². The topological polar surface area (TPSA) is 52.3 Å². The summed E-state index contributed by atoms with van der Waals surface area (Å²) < 4.78 is 4.64. The Labute approximate surface area is 68.2 Å². The van der Waals surface area contributed by atoms with Crippen LogP contribution in [-0.2, 0) is 9.53 Å². The van der Waals surface area contributed by atoms with Crippen LogP contribution in [-0.4, -0.2) is 18.6 Å². The second kappa shape index (κ2) is 9.17. The van der Waals surface area contributed by atoms with Gasteiger partial charge in [0.1, 0.15) is 0 Å². The molecule has 3 heteroatoms. The Balaban J connectivity index is 0. The van der Waals surface area contributed by atoms with E-state index in [1.54, 1.807) is 13.8 Å². The molecule has 0 rings (SSSR count). The average molecular weight is 159 g/mol. The number of carbonyl (C=O) groups excluding carboxylic acids is 1. The van der Waals surface area contributed by atoms with Gasteiger partial charge in [0.05, 0.1) is 6.10 Å². The Morgan fingerprint density at radius 2 is 2.09 bits per heavy atom. The van der Waals surface area contributed by atoms with Crippen molar-refractivity contribution in [3.8, 4) is 0 Å². The molecular weight excluding hydrogens is 142 g/mol. The van der Waals surface area contributed by atoms with Gasteiger partial charge in [-0.1, -0.05) is 13.5 Å². The molecule has 0 aliphatic carbocycles. The van der Waals surface area contributed by atoms with E-state index in [-0.39, 0.29) is 12.1 Å². The van der Waals surface area contributed by atoms with Crippen molar-refractivity contribution in [2.45, 2.75) is 26.9 Å². The number of nitrogens with two attached hydrogens (primary N) is 1. The van der Waals surface area contributed by atoms with E-state index in [0.29, 0.717) is 0 Å². The summed E-state index contributed by atoms with van der Waals surface area (Å²) in [6.07, 6.45) is 1.11. The van der Waals surface area contributed by atoms with E-state index < -0.39 is 0 Å². The van der Waals surface area contributed by atoms with Crippen LogP contribution in [0.1, 0.15) is 20.8 Å². The molecule has 0 radical (unpaired) electrons. The quantitative estimate of drug-likeness (QED) is 0.484. The molecule has 0 saturated heterocycles. The first-order chi connectivity index (χ1) is 5.08. The van der Waals surface area contributed by atoms with Gasteiger partial charge in [0.15, 0.2) is 0 Å². The SMILES string of the molecule is C=CC(=O)OC(C)C.CCN. The molecule has 0 atom stereocenters. The van der Waals surface area contributed by atoms with Crippen molar-refractivity contribution in [2.75, 3.05) is 6.54 Å². The molecule has 0 aliphatic heterocycles. The summed E-state index contributed by atoms with van der Waals surface area (Å²) in [6, 6.07) is 0. The highest BCUT2D eigenvalue weighted by Gasteiger charge is 1.96. The van der Waals surface area contributed by atoms with Gasteiger partial charge < -0.3 is 10.5 Å². The Morgan fingerprint density at radius 3 is 2.18 bits per heavy atom. The van der Waals surface area contributed by atoms with E-state index in [1.807, 2.05) is 6.92 Å². The molecule has 0 spiro atoms. The van der Waals surface area contributed by atoms with Crippen molar-refractivity contribution in [2.24, 2.45) is 5.73 Å². The normalized spacial score (nSPS) is 8.09. The highest BCUT2D eigenvalue weighted by Crippen LogP contribution is 1.87. The summed E-state index contributed by atoms with van der Waals surface area (Å²) in [6.45, 7) is 9.48. The van der Waals surface area contributed by atoms with Crippen LogP contribution in [0.3, 0.4) is 0 Å². The molecule has 0 aromatic heterocycles. The van der Waals surface area contributed by atoms with Gasteiger partial charge in [-0.2, -0.15) is 0 Å². The molecule has 0 aliphatic rings. The Bertz CT molecular complexity index is 111. The molecule has 0 saturated carbocycles.